The smallest absolute Gasteiger partial charge is 0.357 e. The maximum absolute atomic E-state index is 13.6. The molecule has 144 valence electrons. The van der Waals surface area contributed by atoms with E-state index in [-0.39, 0.29) is 24.2 Å². The van der Waals surface area contributed by atoms with Gasteiger partial charge in [-0.3, -0.25) is 4.79 Å². The van der Waals surface area contributed by atoms with Gasteiger partial charge in [-0.05, 0) is 31.0 Å². The molecular formula is C19H19F4N3O. The van der Waals surface area contributed by atoms with Crippen LogP contribution in [0.4, 0.5) is 23.4 Å². The highest BCUT2D eigenvalue weighted by Crippen LogP contribution is 2.30. The molecule has 1 aliphatic rings. The molecule has 0 unspecified atom stereocenters. The van der Waals surface area contributed by atoms with Crippen molar-refractivity contribution >= 4 is 11.7 Å². The molecule has 27 heavy (non-hydrogen) atoms. The second kappa shape index (κ2) is 7.94. The normalized spacial score (nSPS) is 15.6. The number of carbonyl (C=O) groups is 1. The molecule has 1 aromatic carbocycles. The fraction of sp³-hybridized carbons (Fsp3) is 0.368. The van der Waals surface area contributed by atoms with Crippen LogP contribution in [0.1, 0.15) is 24.0 Å². The Morgan fingerprint density at radius 3 is 2.44 bits per heavy atom. The van der Waals surface area contributed by atoms with Gasteiger partial charge in [0.25, 0.3) is 0 Å². The van der Waals surface area contributed by atoms with Crippen molar-refractivity contribution in [2.24, 2.45) is 5.92 Å². The number of rotatable bonds is 4. The van der Waals surface area contributed by atoms with Crippen molar-refractivity contribution in [1.82, 2.24) is 10.3 Å². The summed E-state index contributed by atoms with van der Waals surface area (Å²) in [5.74, 6) is -0.241. The zero-order valence-corrected chi connectivity index (χ0v) is 14.5. The van der Waals surface area contributed by atoms with Crippen molar-refractivity contribution in [2.75, 3.05) is 18.0 Å². The molecule has 2 heterocycles. The third-order valence-electron chi connectivity index (χ3n) is 4.68. The van der Waals surface area contributed by atoms with Gasteiger partial charge in [0.05, 0.1) is 5.56 Å². The van der Waals surface area contributed by atoms with Crippen LogP contribution >= 0.6 is 0 Å². The Hall–Kier alpha value is -2.64. The molecule has 1 fully saturated rings. The van der Waals surface area contributed by atoms with Gasteiger partial charge in [0.2, 0.25) is 5.91 Å². The summed E-state index contributed by atoms with van der Waals surface area (Å²) in [5, 5.41) is 2.75. The molecule has 1 amide bonds. The number of alkyl halides is 3. The first kappa shape index (κ1) is 19.1. The highest BCUT2D eigenvalue weighted by Gasteiger charge is 2.31. The van der Waals surface area contributed by atoms with Crippen LogP contribution in [-0.2, 0) is 17.5 Å². The number of pyridine rings is 1. The van der Waals surface area contributed by atoms with E-state index in [0.717, 1.165) is 12.3 Å². The number of nitrogens with zero attached hydrogens (tertiary/aromatic N) is 2. The molecule has 0 bridgehead atoms. The van der Waals surface area contributed by atoms with Gasteiger partial charge >= 0.3 is 6.18 Å². The number of hydrogen-bond acceptors (Lipinski definition) is 3. The number of aromatic nitrogens is 1. The summed E-state index contributed by atoms with van der Waals surface area (Å²) in [4.78, 5) is 18.0. The lowest BCUT2D eigenvalue weighted by molar-refractivity contribution is -0.137. The van der Waals surface area contributed by atoms with Crippen LogP contribution < -0.4 is 10.2 Å². The third-order valence-corrected chi connectivity index (χ3v) is 4.68. The van der Waals surface area contributed by atoms with Crippen LogP contribution in [0.2, 0.25) is 0 Å². The van der Waals surface area contributed by atoms with Crippen LogP contribution in [0.25, 0.3) is 0 Å². The number of piperidine rings is 1. The average Bonchev–Trinajstić information content (AvgIpc) is 2.67. The lowest BCUT2D eigenvalue weighted by Crippen LogP contribution is -2.40. The summed E-state index contributed by atoms with van der Waals surface area (Å²) < 4.78 is 51.4. The molecule has 0 spiro atoms. The first-order valence-corrected chi connectivity index (χ1v) is 8.64. The lowest BCUT2D eigenvalue weighted by Gasteiger charge is -2.32. The molecule has 1 N–H and O–H groups in total. The van der Waals surface area contributed by atoms with Gasteiger partial charge in [-0.2, -0.15) is 13.2 Å². The molecule has 2 aromatic rings. The van der Waals surface area contributed by atoms with Crippen molar-refractivity contribution in [1.29, 1.82) is 0 Å². The number of hydrogen-bond donors (Lipinski definition) is 1. The molecule has 0 radical (unpaired) electrons. The van der Waals surface area contributed by atoms with E-state index < -0.39 is 11.7 Å². The minimum absolute atomic E-state index is 0.131. The first-order valence-electron chi connectivity index (χ1n) is 8.64. The van der Waals surface area contributed by atoms with Gasteiger partial charge in [-0.1, -0.05) is 18.2 Å². The van der Waals surface area contributed by atoms with E-state index >= 15 is 0 Å². The minimum atomic E-state index is -4.41. The predicted molar refractivity (Wildman–Crippen MR) is 92.4 cm³/mol. The van der Waals surface area contributed by atoms with Crippen LogP contribution in [0, 0.1) is 11.7 Å². The zero-order valence-electron chi connectivity index (χ0n) is 14.5. The van der Waals surface area contributed by atoms with Crippen molar-refractivity contribution in [2.45, 2.75) is 25.6 Å². The highest BCUT2D eigenvalue weighted by molar-refractivity contribution is 5.79. The Kier molecular flexibility index (Phi) is 5.62. The Morgan fingerprint density at radius 2 is 1.85 bits per heavy atom. The second-order valence-electron chi connectivity index (χ2n) is 6.47. The molecule has 1 aromatic heterocycles. The Labute approximate surface area is 154 Å². The maximum Gasteiger partial charge on any atom is 0.417 e. The number of benzene rings is 1. The van der Waals surface area contributed by atoms with Gasteiger partial charge in [-0.25, -0.2) is 9.37 Å². The summed E-state index contributed by atoms with van der Waals surface area (Å²) in [7, 11) is 0. The number of carbonyl (C=O) groups excluding carboxylic acids is 1. The standard InChI is InChI=1S/C19H19F4N3O/c20-16-4-2-1-3-14(16)11-25-18(27)13-7-9-26(10-8-13)17-6-5-15(12-24-17)19(21,22)23/h1-6,12-13H,7-11H2,(H,25,27). The van der Waals surface area contributed by atoms with E-state index in [9.17, 15) is 22.4 Å². The number of nitrogens with one attached hydrogen (secondary N) is 1. The molecule has 0 aliphatic carbocycles. The second-order valence-corrected chi connectivity index (χ2v) is 6.47. The number of anilines is 1. The van der Waals surface area contributed by atoms with E-state index in [1.807, 2.05) is 4.90 Å². The van der Waals surface area contributed by atoms with Crippen molar-refractivity contribution in [3.8, 4) is 0 Å². The van der Waals surface area contributed by atoms with Crippen LogP contribution in [0.3, 0.4) is 0 Å². The summed E-state index contributed by atoms with van der Waals surface area (Å²) in [5.41, 5.74) is -0.356. The number of halogens is 4. The monoisotopic (exact) mass is 381 g/mol. The third kappa shape index (κ3) is 4.75. The van der Waals surface area contributed by atoms with Gasteiger partial charge in [0.1, 0.15) is 11.6 Å². The van der Waals surface area contributed by atoms with Crippen LogP contribution in [0.15, 0.2) is 42.6 Å². The highest BCUT2D eigenvalue weighted by atomic mass is 19.4. The largest absolute Gasteiger partial charge is 0.417 e. The average molecular weight is 381 g/mol. The SMILES string of the molecule is O=C(NCc1ccccc1F)C1CCN(c2ccc(C(F)(F)F)cn2)CC1. The Morgan fingerprint density at radius 1 is 1.15 bits per heavy atom. The Bertz CT molecular complexity index is 784. The molecule has 0 atom stereocenters. The first-order chi connectivity index (χ1) is 12.8. The number of amides is 1. The van der Waals surface area contributed by atoms with Crippen molar-refractivity contribution in [3.05, 3.63) is 59.5 Å². The van der Waals surface area contributed by atoms with E-state index in [0.29, 0.717) is 37.3 Å². The van der Waals surface area contributed by atoms with Gasteiger partial charge < -0.3 is 10.2 Å². The summed E-state index contributed by atoms with van der Waals surface area (Å²) in [6, 6.07) is 8.62. The van der Waals surface area contributed by atoms with Gasteiger partial charge in [0, 0.05) is 37.3 Å². The zero-order chi connectivity index (χ0) is 19.4. The predicted octanol–water partition coefficient (Wildman–Crippen LogP) is 3.77. The topological polar surface area (TPSA) is 45.2 Å². The molecule has 1 aliphatic heterocycles. The quantitative estimate of drug-likeness (QED) is 0.820. The molecule has 0 saturated carbocycles. The molecule has 3 rings (SSSR count). The molecule has 8 heteroatoms. The van der Waals surface area contributed by atoms with Gasteiger partial charge in [-0.15, -0.1) is 0 Å². The van der Waals surface area contributed by atoms with E-state index in [1.54, 1.807) is 18.2 Å². The van der Waals surface area contributed by atoms with E-state index in [1.165, 1.54) is 12.1 Å². The minimum Gasteiger partial charge on any atom is -0.357 e. The molecular weight excluding hydrogens is 362 g/mol. The summed E-state index contributed by atoms with van der Waals surface area (Å²) >= 11 is 0. The Balaban J connectivity index is 1.51. The summed E-state index contributed by atoms with van der Waals surface area (Å²) in [6.45, 7) is 1.18. The van der Waals surface area contributed by atoms with Gasteiger partial charge in [0.15, 0.2) is 0 Å². The van der Waals surface area contributed by atoms with Crippen LogP contribution in [-0.4, -0.2) is 24.0 Å². The van der Waals surface area contributed by atoms with E-state index in [2.05, 4.69) is 10.3 Å². The van der Waals surface area contributed by atoms with Crippen molar-refractivity contribution < 1.29 is 22.4 Å². The lowest BCUT2D eigenvalue weighted by atomic mass is 9.95. The van der Waals surface area contributed by atoms with Crippen LogP contribution in [0.5, 0.6) is 0 Å². The van der Waals surface area contributed by atoms with E-state index in [4.69, 9.17) is 0 Å². The fourth-order valence-corrected chi connectivity index (χ4v) is 3.08. The molecule has 1 saturated heterocycles. The maximum atomic E-state index is 13.6. The summed E-state index contributed by atoms with van der Waals surface area (Å²) in [6.07, 6.45) is -2.46. The van der Waals surface area contributed by atoms with Crippen molar-refractivity contribution in [3.63, 3.8) is 0 Å². The fourth-order valence-electron chi connectivity index (χ4n) is 3.08. The molecule has 4 nitrogen and oxygen atoms in total.